The minimum absolute atomic E-state index is 0.0431. The second kappa shape index (κ2) is 5.51. The van der Waals surface area contributed by atoms with Crippen molar-refractivity contribution in [3.63, 3.8) is 0 Å². The third-order valence-electron chi connectivity index (χ3n) is 2.17. The molecule has 0 saturated carbocycles. The van der Waals surface area contributed by atoms with Gasteiger partial charge >= 0.3 is 0 Å². The molecule has 88 valence electrons. The van der Waals surface area contributed by atoms with Crippen molar-refractivity contribution < 1.29 is 14.4 Å². The molecule has 0 unspecified atom stereocenters. The van der Waals surface area contributed by atoms with E-state index in [9.17, 15) is 4.79 Å². The van der Waals surface area contributed by atoms with Crippen molar-refractivity contribution in [2.75, 3.05) is 13.7 Å². The molecule has 0 aliphatic rings. The van der Waals surface area contributed by atoms with E-state index in [1.165, 1.54) is 12.7 Å². The number of aryl methyl sites for hydroxylation is 3. The third-order valence-corrected chi connectivity index (χ3v) is 2.17. The molecule has 0 aromatic heterocycles. The van der Waals surface area contributed by atoms with E-state index >= 15 is 0 Å². The van der Waals surface area contributed by atoms with Crippen molar-refractivity contribution in [1.82, 2.24) is 5.48 Å². The Morgan fingerprint density at radius 1 is 1.25 bits per heavy atom. The van der Waals surface area contributed by atoms with Crippen LogP contribution in [0.2, 0.25) is 0 Å². The second-order valence-corrected chi connectivity index (χ2v) is 3.75. The van der Waals surface area contributed by atoms with Crippen molar-refractivity contribution in [3.8, 4) is 5.75 Å². The Balaban J connectivity index is 2.70. The highest BCUT2D eigenvalue weighted by Crippen LogP contribution is 2.24. The minimum atomic E-state index is -0.304. The molecule has 0 fully saturated rings. The predicted octanol–water partition coefficient (Wildman–Crippen LogP) is 1.67. The van der Waals surface area contributed by atoms with E-state index < -0.39 is 0 Å². The summed E-state index contributed by atoms with van der Waals surface area (Å²) in [6, 6.07) is 4.05. The van der Waals surface area contributed by atoms with Gasteiger partial charge in [0.05, 0.1) is 7.11 Å². The Bertz CT molecular complexity index is 365. The smallest absolute Gasteiger partial charge is 0.281 e. The van der Waals surface area contributed by atoms with Crippen molar-refractivity contribution in [3.05, 3.63) is 28.8 Å². The molecule has 0 saturated heterocycles. The van der Waals surface area contributed by atoms with Crippen LogP contribution in [0.5, 0.6) is 5.75 Å². The van der Waals surface area contributed by atoms with Crippen molar-refractivity contribution >= 4 is 5.91 Å². The summed E-state index contributed by atoms with van der Waals surface area (Å²) in [4.78, 5) is 15.6. The molecule has 4 heteroatoms. The number of carbonyl (C=O) groups excluding carboxylic acids is 1. The summed E-state index contributed by atoms with van der Waals surface area (Å²) in [5, 5.41) is 0. The highest BCUT2D eigenvalue weighted by Gasteiger charge is 2.07. The molecule has 0 radical (unpaired) electrons. The van der Waals surface area contributed by atoms with Gasteiger partial charge in [0.2, 0.25) is 0 Å². The summed E-state index contributed by atoms with van der Waals surface area (Å²) >= 11 is 0. The zero-order chi connectivity index (χ0) is 12.1. The van der Waals surface area contributed by atoms with Gasteiger partial charge < -0.3 is 4.74 Å². The summed E-state index contributed by atoms with van der Waals surface area (Å²) in [7, 11) is 1.39. The summed E-state index contributed by atoms with van der Waals surface area (Å²) < 4.78 is 5.44. The second-order valence-electron chi connectivity index (χ2n) is 3.75. The van der Waals surface area contributed by atoms with Crippen molar-refractivity contribution in [2.24, 2.45) is 0 Å². The number of amides is 1. The normalized spacial score (nSPS) is 10.0. The Labute approximate surface area is 95.5 Å². The molecule has 1 N–H and O–H groups in total. The van der Waals surface area contributed by atoms with Gasteiger partial charge in [0.15, 0.2) is 6.61 Å². The zero-order valence-electron chi connectivity index (χ0n) is 10.1. The van der Waals surface area contributed by atoms with Crippen LogP contribution >= 0.6 is 0 Å². The molecule has 0 aliphatic heterocycles. The predicted molar refractivity (Wildman–Crippen MR) is 61.3 cm³/mol. The maximum absolute atomic E-state index is 11.1. The van der Waals surface area contributed by atoms with E-state index in [1.807, 2.05) is 32.9 Å². The van der Waals surface area contributed by atoms with Crippen LogP contribution in [0.25, 0.3) is 0 Å². The number of benzene rings is 1. The van der Waals surface area contributed by atoms with Crippen molar-refractivity contribution in [1.29, 1.82) is 0 Å². The molecule has 1 rings (SSSR count). The summed E-state index contributed by atoms with van der Waals surface area (Å²) in [5.41, 5.74) is 5.45. The number of hydrogen-bond acceptors (Lipinski definition) is 3. The lowest BCUT2D eigenvalue weighted by Crippen LogP contribution is -2.28. The lowest BCUT2D eigenvalue weighted by Gasteiger charge is -2.12. The van der Waals surface area contributed by atoms with Crippen molar-refractivity contribution in [2.45, 2.75) is 20.8 Å². The largest absolute Gasteiger partial charge is 0.483 e. The number of rotatable bonds is 4. The lowest BCUT2D eigenvalue weighted by atomic mass is 10.1. The first-order chi connectivity index (χ1) is 7.54. The molecule has 0 atom stereocenters. The average molecular weight is 223 g/mol. The Morgan fingerprint density at radius 2 is 1.81 bits per heavy atom. The molecule has 0 bridgehead atoms. The quantitative estimate of drug-likeness (QED) is 0.790. The van der Waals surface area contributed by atoms with E-state index in [-0.39, 0.29) is 12.5 Å². The van der Waals surface area contributed by atoms with E-state index in [0.717, 1.165) is 16.9 Å². The molecule has 0 spiro atoms. The van der Waals surface area contributed by atoms with Gasteiger partial charge in [-0.25, -0.2) is 5.48 Å². The monoisotopic (exact) mass is 223 g/mol. The Hall–Kier alpha value is -1.55. The zero-order valence-corrected chi connectivity index (χ0v) is 10.1. The fourth-order valence-corrected chi connectivity index (χ4v) is 1.68. The molecule has 1 aromatic rings. The van der Waals surface area contributed by atoms with Crippen LogP contribution < -0.4 is 10.2 Å². The number of ether oxygens (including phenoxy) is 1. The van der Waals surface area contributed by atoms with Crippen LogP contribution in [0.3, 0.4) is 0 Å². The number of hydroxylamine groups is 1. The van der Waals surface area contributed by atoms with E-state index in [2.05, 4.69) is 10.3 Å². The van der Waals surface area contributed by atoms with Gasteiger partial charge in [-0.1, -0.05) is 17.7 Å². The van der Waals surface area contributed by atoms with E-state index in [1.54, 1.807) is 0 Å². The molecule has 16 heavy (non-hydrogen) atoms. The van der Waals surface area contributed by atoms with Crippen LogP contribution in [-0.4, -0.2) is 19.6 Å². The van der Waals surface area contributed by atoms with Crippen LogP contribution in [0.15, 0.2) is 12.1 Å². The lowest BCUT2D eigenvalue weighted by molar-refractivity contribution is -0.133. The van der Waals surface area contributed by atoms with Gasteiger partial charge in [0.1, 0.15) is 5.75 Å². The molecular formula is C12H17NO3. The van der Waals surface area contributed by atoms with Crippen LogP contribution in [0.4, 0.5) is 0 Å². The average Bonchev–Trinajstić information content (AvgIpc) is 2.16. The first-order valence-electron chi connectivity index (χ1n) is 5.07. The summed E-state index contributed by atoms with van der Waals surface area (Å²) in [6.07, 6.45) is 0. The fourth-order valence-electron chi connectivity index (χ4n) is 1.68. The molecule has 1 aromatic carbocycles. The van der Waals surface area contributed by atoms with Gasteiger partial charge in [-0.15, -0.1) is 0 Å². The fraction of sp³-hybridized carbons (Fsp3) is 0.417. The first-order valence-corrected chi connectivity index (χ1v) is 5.07. The minimum Gasteiger partial charge on any atom is -0.483 e. The van der Waals surface area contributed by atoms with Gasteiger partial charge in [-0.05, 0) is 31.9 Å². The summed E-state index contributed by atoms with van der Waals surface area (Å²) in [5.74, 6) is 0.457. The highest BCUT2D eigenvalue weighted by atomic mass is 16.6. The van der Waals surface area contributed by atoms with Crippen LogP contribution in [0.1, 0.15) is 16.7 Å². The van der Waals surface area contributed by atoms with Gasteiger partial charge in [-0.3, -0.25) is 9.63 Å². The van der Waals surface area contributed by atoms with Crippen LogP contribution in [-0.2, 0) is 9.63 Å². The van der Waals surface area contributed by atoms with Gasteiger partial charge in [0, 0.05) is 0 Å². The standard InChI is InChI=1S/C12H17NO3/c1-8-5-9(2)12(10(3)6-8)16-7-11(14)13-15-4/h5-6H,7H2,1-4H3,(H,13,14). The number of nitrogens with one attached hydrogen (secondary N) is 1. The Morgan fingerprint density at radius 3 is 2.31 bits per heavy atom. The van der Waals surface area contributed by atoms with E-state index in [0.29, 0.717) is 0 Å². The van der Waals surface area contributed by atoms with E-state index in [4.69, 9.17) is 4.74 Å². The van der Waals surface area contributed by atoms with Crippen LogP contribution in [0, 0.1) is 20.8 Å². The first kappa shape index (κ1) is 12.5. The molecular weight excluding hydrogens is 206 g/mol. The highest BCUT2D eigenvalue weighted by molar-refractivity contribution is 5.76. The van der Waals surface area contributed by atoms with Gasteiger partial charge in [0.25, 0.3) is 5.91 Å². The maximum atomic E-state index is 11.1. The topological polar surface area (TPSA) is 47.6 Å². The summed E-state index contributed by atoms with van der Waals surface area (Å²) in [6.45, 7) is 5.91. The molecule has 4 nitrogen and oxygen atoms in total. The third kappa shape index (κ3) is 3.24. The number of carbonyl (C=O) groups is 1. The molecule has 0 heterocycles. The molecule has 0 aliphatic carbocycles. The maximum Gasteiger partial charge on any atom is 0.281 e. The SMILES string of the molecule is CONC(=O)COc1c(C)cc(C)cc1C. The number of hydrogen-bond donors (Lipinski definition) is 1. The molecule has 1 amide bonds. The Kier molecular flexibility index (Phi) is 4.31. The van der Waals surface area contributed by atoms with Gasteiger partial charge in [-0.2, -0.15) is 0 Å².